The van der Waals surface area contributed by atoms with Gasteiger partial charge in [0, 0.05) is 0 Å². The zero-order valence-electron chi connectivity index (χ0n) is 4.12. The Kier molecular flexibility index (Phi) is 7.85. The molecule has 0 bridgehead atoms. The highest BCUT2D eigenvalue weighted by atomic mass is 32.9. The Morgan fingerprint density at radius 1 is 1.22 bits per heavy atom. The van der Waals surface area contributed by atoms with E-state index < -0.39 is 13.0 Å². The summed E-state index contributed by atoms with van der Waals surface area (Å²) < 4.78 is 0. The normalized spacial score (nSPS) is 9.56. The highest BCUT2D eigenvalue weighted by molar-refractivity contribution is 8.59. The van der Waals surface area contributed by atoms with Crippen molar-refractivity contribution in [3.05, 3.63) is 0 Å². The Labute approximate surface area is 62.5 Å². The first-order valence-corrected chi connectivity index (χ1v) is 5.42. The summed E-state index contributed by atoms with van der Waals surface area (Å²) in [6, 6.07) is 0. The second kappa shape index (κ2) is 5.63. The molecular weight excluding hydrogens is 186 g/mol. The molecule has 0 aliphatic rings. The molecule has 0 amide bonds. The Hall–Kier alpha value is 0.865. The van der Waals surface area contributed by atoms with E-state index in [1.165, 1.54) is 0 Å². The van der Waals surface area contributed by atoms with Crippen molar-refractivity contribution < 1.29 is 24.9 Å². The zero-order chi connectivity index (χ0) is 8.08. The molecule has 0 heterocycles. The average Bonchev–Trinajstić information content (AvgIpc) is 1.19. The third kappa shape index (κ3) is 558. The van der Waals surface area contributed by atoms with Crippen LogP contribution >= 0.6 is 17.9 Å². The first-order chi connectivity index (χ1) is 3.73. The van der Waals surface area contributed by atoms with Crippen LogP contribution in [0.1, 0.15) is 0 Å². The van der Waals surface area contributed by atoms with Crippen molar-refractivity contribution in [1.29, 1.82) is 0 Å². The van der Waals surface area contributed by atoms with Crippen molar-refractivity contribution in [2.45, 2.75) is 0 Å². The first-order valence-electron chi connectivity index (χ1n) is 1.56. The molecule has 0 aromatic rings. The van der Waals surface area contributed by atoms with E-state index in [9.17, 15) is 0 Å². The lowest BCUT2D eigenvalue weighted by Gasteiger charge is -1.88. The van der Waals surface area contributed by atoms with Gasteiger partial charge in [-0.3, -0.25) is 0 Å². The van der Waals surface area contributed by atoms with Gasteiger partial charge in [0.15, 0.2) is 0 Å². The molecule has 0 saturated carbocycles. The van der Waals surface area contributed by atoms with Gasteiger partial charge in [-0.1, -0.05) is 12.2 Å². The maximum atomic E-state index is 7.87. The van der Waals surface area contributed by atoms with Crippen LogP contribution < -0.4 is 0 Å². The fourth-order valence-electron chi connectivity index (χ4n) is 0. The summed E-state index contributed by atoms with van der Waals surface area (Å²) in [6.45, 7) is 0. The van der Waals surface area contributed by atoms with Gasteiger partial charge >= 0.3 is 7.32 Å². The van der Waals surface area contributed by atoms with E-state index >= 15 is 0 Å². The van der Waals surface area contributed by atoms with Gasteiger partial charge in [0.1, 0.15) is 0 Å². The molecule has 0 fully saturated rings. The topological polar surface area (TPSA) is 101 Å². The number of thiol groups is 1. The second-order valence-corrected chi connectivity index (χ2v) is 5.90. The van der Waals surface area contributed by atoms with Gasteiger partial charge in [-0.05, 0) is 11.8 Å². The Morgan fingerprint density at radius 3 is 1.22 bits per heavy atom. The molecule has 0 radical (unpaired) electrons. The number of hydrogen-bond donors (Lipinski definition) is 6. The molecule has 5 N–H and O–H groups in total. The second-order valence-electron chi connectivity index (χ2n) is 0.860. The highest BCUT2D eigenvalue weighted by Gasteiger charge is 1.92. The van der Waals surface area contributed by atoms with Crippen molar-refractivity contribution in [3.8, 4) is 0 Å². The van der Waals surface area contributed by atoms with E-state index in [0.29, 0.717) is 0 Å². The van der Waals surface area contributed by atoms with E-state index in [0.717, 1.165) is 0 Å². The van der Waals surface area contributed by atoms with E-state index in [4.69, 9.17) is 24.9 Å². The standard InChI is InChI=1S/BH3O3.H3O2PS2/c2-1(3)4;1-3(2,4)5/h2-4H;(H3,1,2,4,5). The van der Waals surface area contributed by atoms with E-state index in [-0.39, 0.29) is 0 Å². The molecule has 0 unspecified atom stereocenters. The molecule has 0 rings (SSSR count). The maximum Gasteiger partial charge on any atom is 0.631 e. The van der Waals surface area contributed by atoms with Crippen LogP contribution in [-0.2, 0) is 11.8 Å². The van der Waals surface area contributed by atoms with Crippen LogP contribution in [0.15, 0.2) is 0 Å². The molecule has 0 aliphatic carbocycles. The predicted molar refractivity (Wildman–Crippen MR) is 40.1 cm³/mol. The summed E-state index contributed by atoms with van der Waals surface area (Å²) in [5.74, 6) is 0. The Bertz CT molecular complexity index is 86.1. The van der Waals surface area contributed by atoms with Crippen LogP contribution in [0.2, 0.25) is 0 Å². The summed E-state index contributed by atoms with van der Waals surface area (Å²) in [4.78, 5) is 15.7. The van der Waals surface area contributed by atoms with Crippen molar-refractivity contribution in [1.82, 2.24) is 0 Å². The van der Waals surface area contributed by atoms with Crippen molar-refractivity contribution in [2.75, 3.05) is 0 Å². The highest BCUT2D eigenvalue weighted by Crippen LogP contribution is 2.39. The molecule has 9 heavy (non-hydrogen) atoms. The van der Waals surface area contributed by atoms with Crippen LogP contribution in [0.3, 0.4) is 0 Å². The summed E-state index contributed by atoms with van der Waals surface area (Å²) in [5.41, 5.74) is -3.11. The maximum absolute atomic E-state index is 7.87. The SMILES string of the molecule is OB(O)O.OP(O)(=S)S. The fraction of sp³-hybridized carbons (Fsp3) is 0. The lowest BCUT2D eigenvalue weighted by atomic mass is 10.3. The zero-order valence-corrected chi connectivity index (χ0v) is 6.72. The minimum Gasteiger partial charge on any atom is -0.402 e. The third-order valence-electron chi connectivity index (χ3n) is 0. The fourth-order valence-corrected chi connectivity index (χ4v) is 0. The summed E-state index contributed by atoms with van der Waals surface area (Å²) >= 11 is 7.07. The van der Waals surface area contributed by atoms with E-state index in [1.54, 1.807) is 0 Å². The van der Waals surface area contributed by atoms with Crippen LogP contribution in [0, 0.1) is 0 Å². The third-order valence-corrected chi connectivity index (χ3v) is 0. The van der Waals surface area contributed by atoms with Gasteiger partial charge in [-0.2, -0.15) is 0 Å². The van der Waals surface area contributed by atoms with Crippen LogP contribution in [-0.4, -0.2) is 32.2 Å². The molecule has 0 spiro atoms. The van der Waals surface area contributed by atoms with Gasteiger partial charge in [0.2, 0.25) is 5.69 Å². The van der Waals surface area contributed by atoms with Crippen LogP contribution in [0.25, 0.3) is 0 Å². The van der Waals surface area contributed by atoms with Gasteiger partial charge in [0.25, 0.3) is 0 Å². The van der Waals surface area contributed by atoms with Gasteiger partial charge in [-0.25, -0.2) is 0 Å². The van der Waals surface area contributed by atoms with Crippen LogP contribution in [0.5, 0.6) is 0 Å². The first kappa shape index (κ1) is 12.5. The van der Waals surface area contributed by atoms with Gasteiger partial charge in [-0.15, -0.1) is 0 Å². The summed E-state index contributed by atoms with van der Waals surface area (Å²) in [6.07, 6.45) is 0. The van der Waals surface area contributed by atoms with Gasteiger partial charge in [0.05, 0.1) is 0 Å². The van der Waals surface area contributed by atoms with Crippen LogP contribution in [0.4, 0.5) is 0 Å². The monoisotopic (exact) mass is 192 g/mol. The molecule has 0 atom stereocenters. The Morgan fingerprint density at radius 2 is 1.22 bits per heavy atom. The smallest absolute Gasteiger partial charge is 0.402 e. The molecule has 56 valence electrons. The molecule has 0 saturated heterocycles. The minimum atomic E-state index is -3.11. The largest absolute Gasteiger partial charge is 0.631 e. The number of rotatable bonds is 0. The molecule has 0 aromatic heterocycles. The quantitative estimate of drug-likeness (QED) is 0.152. The molecular formula is H6BO5PS2. The van der Waals surface area contributed by atoms with E-state index in [2.05, 4.69) is 24.1 Å². The molecule has 0 aliphatic heterocycles. The summed E-state index contributed by atoms with van der Waals surface area (Å²) in [7, 11) is -2.17. The lowest BCUT2D eigenvalue weighted by molar-refractivity contribution is 0.278. The average molecular weight is 192 g/mol. The predicted octanol–water partition coefficient (Wildman–Crippen LogP) is -1.93. The number of hydrogen-bond acceptors (Lipinski definition) is 4. The van der Waals surface area contributed by atoms with Crippen molar-refractivity contribution in [3.63, 3.8) is 0 Å². The van der Waals surface area contributed by atoms with Crippen molar-refractivity contribution >= 4 is 37.1 Å². The van der Waals surface area contributed by atoms with Crippen molar-refractivity contribution in [2.24, 2.45) is 0 Å². The molecule has 0 aromatic carbocycles. The summed E-state index contributed by atoms with van der Waals surface area (Å²) in [5, 5.41) is 21.5. The Balaban J connectivity index is 0. The minimum absolute atomic E-state index is 2.17. The van der Waals surface area contributed by atoms with E-state index in [1.807, 2.05) is 0 Å². The lowest BCUT2D eigenvalue weighted by Crippen LogP contribution is -2.07. The molecule has 9 heteroatoms. The molecule has 5 nitrogen and oxygen atoms in total. The van der Waals surface area contributed by atoms with Gasteiger partial charge < -0.3 is 24.9 Å².